The Balaban J connectivity index is 1.58. The van der Waals surface area contributed by atoms with Crippen LogP contribution < -0.4 is 10.7 Å². The van der Waals surface area contributed by atoms with Crippen molar-refractivity contribution in [2.24, 2.45) is 11.8 Å². The van der Waals surface area contributed by atoms with Gasteiger partial charge in [-0.05, 0) is 50.7 Å². The quantitative estimate of drug-likeness (QED) is 0.381. The summed E-state index contributed by atoms with van der Waals surface area (Å²) in [6, 6.07) is 7.74. The molecule has 0 bridgehead atoms. The van der Waals surface area contributed by atoms with Crippen molar-refractivity contribution in [3.8, 4) is 22.9 Å². The zero-order valence-corrected chi connectivity index (χ0v) is 22.6. The zero-order valence-electron chi connectivity index (χ0n) is 21.9. The molecule has 3 aromatic heterocycles. The summed E-state index contributed by atoms with van der Waals surface area (Å²) in [6.07, 6.45) is 4.90. The minimum atomic E-state index is -0.665. The number of anilines is 1. The van der Waals surface area contributed by atoms with Gasteiger partial charge in [-0.2, -0.15) is 4.98 Å². The highest BCUT2D eigenvalue weighted by Crippen LogP contribution is 2.37. The van der Waals surface area contributed by atoms with Gasteiger partial charge in [0.2, 0.25) is 17.6 Å². The molecule has 6 rings (SSSR count). The molecule has 38 heavy (non-hydrogen) atoms. The summed E-state index contributed by atoms with van der Waals surface area (Å²) >= 11 is 6.41. The lowest BCUT2D eigenvalue weighted by Crippen LogP contribution is -2.49. The molecule has 200 valence electrons. The minimum Gasteiger partial charge on any atom is -0.375 e. The third-order valence-corrected chi connectivity index (χ3v) is 8.29. The monoisotopic (exact) mass is 537 g/mol. The highest BCUT2D eigenvalue weighted by molar-refractivity contribution is 6.30. The molecule has 1 saturated carbocycles. The number of rotatable bonds is 5. The first kappa shape index (κ1) is 25.1. The molecule has 0 spiro atoms. The summed E-state index contributed by atoms with van der Waals surface area (Å²) in [4.78, 5) is 31.4. The van der Waals surface area contributed by atoms with Crippen molar-refractivity contribution in [3.05, 3.63) is 39.8 Å². The van der Waals surface area contributed by atoms with Gasteiger partial charge in [-0.15, -0.1) is 0 Å². The SMILES string of the molecule is CC1CCC(Cn2c(N3CCO[C@@H](C)[C@H]3C)nc3nc(-c4noc(=O)[nH]4)nc(-c4cccc(Cl)c4)c32)CC1. The molecule has 2 fully saturated rings. The van der Waals surface area contributed by atoms with Crippen LogP contribution in [0.5, 0.6) is 0 Å². The first-order valence-electron chi connectivity index (χ1n) is 13.4. The molecule has 0 radical (unpaired) electrons. The van der Waals surface area contributed by atoms with Gasteiger partial charge >= 0.3 is 5.76 Å². The van der Waals surface area contributed by atoms with Gasteiger partial charge in [0.05, 0.1) is 18.8 Å². The molecule has 1 aromatic carbocycles. The van der Waals surface area contributed by atoms with Crippen LogP contribution in [0.4, 0.5) is 5.95 Å². The van der Waals surface area contributed by atoms with Gasteiger partial charge < -0.3 is 14.2 Å². The lowest BCUT2D eigenvalue weighted by atomic mass is 9.83. The number of aromatic amines is 1. The van der Waals surface area contributed by atoms with Gasteiger partial charge in [0.1, 0.15) is 11.2 Å². The number of halogens is 1. The number of hydrogen-bond donors (Lipinski definition) is 1. The maximum atomic E-state index is 11.7. The molecule has 1 aliphatic carbocycles. The van der Waals surface area contributed by atoms with Crippen molar-refractivity contribution in [2.45, 2.75) is 65.1 Å². The van der Waals surface area contributed by atoms with Crippen LogP contribution in [0.2, 0.25) is 5.02 Å². The van der Waals surface area contributed by atoms with Crippen LogP contribution in [0.15, 0.2) is 33.6 Å². The second kappa shape index (κ2) is 10.1. The Kier molecular flexibility index (Phi) is 6.69. The van der Waals surface area contributed by atoms with Crippen molar-refractivity contribution < 1.29 is 9.26 Å². The molecule has 1 saturated heterocycles. The van der Waals surface area contributed by atoms with E-state index >= 15 is 0 Å². The maximum Gasteiger partial charge on any atom is 0.439 e. The molecular formula is C27H32ClN7O3. The fraction of sp³-hybridized carbons (Fsp3) is 0.519. The normalized spacial score (nSPS) is 24.3. The number of nitrogens with one attached hydrogen (secondary N) is 1. The van der Waals surface area contributed by atoms with Crippen LogP contribution in [0.1, 0.15) is 46.5 Å². The number of aromatic nitrogens is 6. The fourth-order valence-electron chi connectivity index (χ4n) is 5.67. The largest absolute Gasteiger partial charge is 0.439 e. The number of imidazole rings is 1. The van der Waals surface area contributed by atoms with E-state index in [1.54, 1.807) is 0 Å². The molecule has 1 N–H and O–H groups in total. The molecule has 0 amide bonds. The molecule has 11 heteroatoms. The fourth-order valence-corrected chi connectivity index (χ4v) is 5.86. The first-order valence-corrected chi connectivity index (χ1v) is 13.7. The van der Waals surface area contributed by atoms with Gasteiger partial charge in [-0.3, -0.25) is 9.51 Å². The van der Waals surface area contributed by atoms with Crippen LogP contribution in [-0.4, -0.2) is 55.0 Å². The Bertz CT molecular complexity index is 1500. The predicted octanol–water partition coefficient (Wildman–Crippen LogP) is 4.93. The van der Waals surface area contributed by atoms with Gasteiger partial charge in [0, 0.05) is 23.7 Å². The van der Waals surface area contributed by atoms with Crippen molar-refractivity contribution >= 4 is 28.7 Å². The summed E-state index contributed by atoms with van der Waals surface area (Å²) in [5, 5.41) is 4.44. The standard InChI is InChI=1S/C27H32ClN7O3/c1-15-7-9-18(10-8-15)14-35-22-21(19-5-4-6-20(28)13-19)29-24(25-32-27(36)38-33-25)30-23(22)31-26(35)34-11-12-37-17(3)16(34)2/h4-6,13,15-18H,7-12,14H2,1-3H3,(H,32,33,36)/t15?,16-,17+,18?/m1/s1. The third-order valence-electron chi connectivity index (χ3n) is 8.05. The van der Waals surface area contributed by atoms with E-state index in [1.165, 1.54) is 25.7 Å². The highest BCUT2D eigenvalue weighted by atomic mass is 35.5. The Morgan fingerprint density at radius 1 is 1.11 bits per heavy atom. The van der Waals surface area contributed by atoms with Crippen molar-refractivity contribution in [1.82, 2.24) is 29.7 Å². The lowest BCUT2D eigenvalue weighted by Gasteiger charge is -2.39. The number of hydrogen-bond acceptors (Lipinski definition) is 8. The van der Waals surface area contributed by atoms with E-state index in [9.17, 15) is 4.79 Å². The number of nitrogens with zero attached hydrogens (tertiary/aromatic N) is 6. The molecule has 2 aliphatic rings. The highest BCUT2D eigenvalue weighted by Gasteiger charge is 2.32. The van der Waals surface area contributed by atoms with E-state index in [-0.39, 0.29) is 23.8 Å². The maximum absolute atomic E-state index is 11.7. The van der Waals surface area contributed by atoms with Crippen molar-refractivity contribution in [3.63, 3.8) is 0 Å². The Labute approximate surface area is 225 Å². The second-order valence-corrected chi connectivity index (χ2v) is 11.1. The number of fused-ring (bicyclic) bond motifs is 1. The second-order valence-electron chi connectivity index (χ2n) is 10.7. The summed E-state index contributed by atoms with van der Waals surface area (Å²) in [5.41, 5.74) is 2.92. The summed E-state index contributed by atoms with van der Waals surface area (Å²) < 4.78 is 13.0. The Morgan fingerprint density at radius 3 is 2.66 bits per heavy atom. The topological polar surface area (TPSA) is 115 Å². The number of benzene rings is 1. The molecular weight excluding hydrogens is 506 g/mol. The van der Waals surface area contributed by atoms with E-state index in [1.807, 2.05) is 24.3 Å². The Morgan fingerprint density at radius 2 is 1.92 bits per heavy atom. The third kappa shape index (κ3) is 4.71. The molecule has 4 aromatic rings. The molecule has 1 aliphatic heterocycles. The number of ether oxygens (including phenoxy) is 1. The summed E-state index contributed by atoms with van der Waals surface area (Å²) in [7, 11) is 0. The van der Waals surface area contributed by atoms with Crippen LogP contribution in [0, 0.1) is 11.8 Å². The Hall–Kier alpha value is -3.24. The summed E-state index contributed by atoms with van der Waals surface area (Å²) in [6.45, 7) is 8.81. The average Bonchev–Trinajstić information content (AvgIpc) is 3.50. The lowest BCUT2D eigenvalue weighted by molar-refractivity contribution is 0.0274. The smallest absolute Gasteiger partial charge is 0.375 e. The number of morpholine rings is 1. The van der Waals surface area contributed by atoms with Crippen LogP contribution in [-0.2, 0) is 11.3 Å². The summed E-state index contributed by atoms with van der Waals surface area (Å²) in [5.74, 6) is 1.90. The molecule has 2 atom stereocenters. The predicted molar refractivity (Wildman–Crippen MR) is 145 cm³/mol. The van der Waals surface area contributed by atoms with Crippen molar-refractivity contribution in [2.75, 3.05) is 18.1 Å². The van der Waals surface area contributed by atoms with E-state index in [0.717, 1.165) is 36.0 Å². The van der Waals surface area contributed by atoms with Crippen LogP contribution >= 0.6 is 11.6 Å². The average molecular weight is 538 g/mol. The van der Waals surface area contributed by atoms with Gasteiger partial charge in [-0.1, -0.05) is 48.7 Å². The van der Waals surface area contributed by atoms with Crippen molar-refractivity contribution in [1.29, 1.82) is 0 Å². The minimum absolute atomic E-state index is 0.0711. The zero-order chi connectivity index (χ0) is 26.4. The van der Waals surface area contributed by atoms with Crippen LogP contribution in [0.3, 0.4) is 0 Å². The first-order chi connectivity index (χ1) is 18.4. The molecule has 10 nitrogen and oxygen atoms in total. The van der Waals surface area contributed by atoms with Gasteiger partial charge in [0.25, 0.3) is 0 Å². The van der Waals surface area contributed by atoms with E-state index in [0.29, 0.717) is 28.9 Å². The molecule has 0 unspecified atom stereocenters. The number of H-pyrrole nitrogens is 1. The van der Waals surface area contributed by atoms with E-state index < -0.39 is 5.76 Å². The van der Waals surface area contributed by atoms with Crippen LogP contribution in [0.25, 0.3) is 34.1 Å². The van der Waals surface area contributed by atoms with E-state index in [2.05, 4.69) is 40.4 Å². The van der Waals surface area contributed by atoms with Gasteiger partial charge in [0.15, 0.2) is 5.65 Å². The van der Waals surface area contributed by atoms with Gasteiger partial charge in [-0.25, -0.2) is 14.8 Å². The van der Waals surface area contributed by atoms with E-state index in [4.69, 9.17) is 35.8 Å². The molecule has 4 heterocycles.